The number of hydrogen-bond donors (Lipinski definition) is 2. The van der Waals surface area contributed by atoms with Gasteiger partial charge in [-0.1, -0.05) is 12.1 Å². The van der Waals surface area contributed by atoms with Crippen LogP contribution < -0.4 is 15.6 Å². The van der Waals surface area contributed by atoms with Crippen molar-refractivity contribution in [2.45, 2.75) is 20.0 Å². The van der Waals surface area contributed by atoms with Gasteiger partial charge in [-0.2, -0.15) is 4.98 Å². The van der Waals surface area contributed by atoms with E-state index in [1.807, 2.05) is 31.2 Å². The van der Waals surface area contributed by atoms with Crippen LogP contribution >= 0.6 is 0 Å². The molecule has 2 N–H and O–H groups in total. The van der Waals surface area contributed by atoms with E-state index in [2.05, 4.69) is 15.3 Å². The topological polar surface area (TPSA) is 94.2 Å². The molecule has 2 aromatic heterocycles. The first kappa shape index (κ1) is 17.0. The van der Waals surface area contributed by atoms with Crippen LogP contribution in [0.4, 0.5) is 5.95 Å². The maximum atomic E-state index is 12.9. The molecule has 3 aromatic rings. The molecule has 0 unspecified atom stereocenters. The molecule has 0 bridgehead atoms. The van der Waals surface area contributed by atoms with Crippen molar-refractivity contribution in [3.05, 3.63) is 46.5 Å². The summed E-state index contributed by atoms with van der Waals surface area (Å²) in [4.78, 5) is 21.5. The van der Waals surface area contributed by atoms with Crippen LogP contribution in [0, 0.1) is 0 Å². The number of nitrogens with zero attached hydrogens (tertiary/aromatic N) is 4. The molecule has 132 valence electrons. The molecule has 3 rings (SSSR count). The maximum absolute atomic E-state index is 12.9. The van der Waals surface area contributed by atoms with Gasteiger partial charge >= 0.3 is 0 Å². The van der Waals surface area contributed by atoms with Crippen molar-refractivity contribution >= 4 is 17.1 Å². The highest BCUT2D eigenvalue weighted by Gasteiger charge is 2.15. The number of rotatable bonds is 7. The summed E-state index contributed by atoms with van der Waals surface area (Å²) in [5.74, 6) is 1.21. The number of ether oxygens (including phenoxy) is 1. The summed E-state index contributed by atoms with van der Waals surface area (Å²) in [5.41, 5.74) is 1.74. The summed E-state index contributed by atoms with van der Waals surface area (Å²) < 4.78 is 8.51. The second-order valence-electron chi connectivity index (χ2n) is 5.53. The van der Waals surface area contributed by atoms with E-state index in [4.69, 9.17) is 9.84 Å². The lowest BCUT2D eigenvalue weighted by molar-refractivity contribution is 0.310. The largest absolute Gasteiger partial charge is 0.497 e. The summed E-state index contributed by atoms with van der Waals surface area (Å²) in [5, 5.41) is 11.9. The monoisotopic (exact) mass is 345 g/mol. The highest BCUT2D eigenvalue weighted by Crippen LogP contribution is 2.15. The number of benzene rings is 1. The summed E-state index contributed by atoms with van der Waals surface area (Å²) in [6.45, 7) is 3.16. The summed E-state index contributed by atoms with van der Waals surface area (Å²) in [6, 6.07) is 7.67. The third-order valence-corrected chi connectivity index (χ3v) is 3.96. The number of fused-ring (bicyclic) bond motifs is 1. The fourth-order valence-corrected chi connectivity index (χ4v) is 2.70. The predicted octanol–water partition coefficient (Wildman–Crippen LogP) is 1.07. The lowest BCUT2D eigenvalue weighted by Crippen LogP contribution is -2.26. The van der Waals surface area contributed by atoms with Crippen LogP contribution in [0.3, 0.4) is 0 Å². The van der Waals surface area contributed by atoms with Gasteiger partial charge in [-0.25, -0.2) is 4.98 Å². The molecule has 0 aliphatic rings. The van der Waals surface area contributed by atoms with Gasteiger partial charge in [-0.05, 0) is 24.6 Å². The van der Waals surface area contributed by atoms with Crippen molar-refractivity contribution in [1.82, 2.24) is 19.1 Å². The zero-order chi connectivity index (χ0) is 17.8. The lowest BCUT2D eigenvalue weighted by Gasteiger charge is -2.12. The smallest absolute Gasteiger partial charge is 0.281 e. The molecule has 25 heavy (non-hydrogen) atoms. The molecule has 0 spiro atoms. The molecule has 8 heteroatoms. The number of imidazole rings is 1. The summed E-state index contributed by atoms with van der Waals surface area (Å²) in [7, 11) is 1.62. The Morgan fingerprint density at radius 1 is 1.32 bits per heavy atom. The number of aromatic nitrogens is 4. The van der Waals surface area contributed by atoms with Crippen LogP contribution in [-0.2, 0) is 13.1 Å². The Kier molecular flexibility index (Phi) is 4.99. The van der Waals surface area contributed by atoms with Crippen LogP contribution in [0.5, 0.6) is 5.75 Å². The molecule has 0 saturated heterocycles. The van der Waals surface area contributed by atoms with E-state index in [-0.39, 0.29) is 12.2 Å². The molecule has 8 nitrogen and oxygen atoms in total. The standard InChI is InChI=1S/C17H21N5O3/c1-3-22-16(24)14-15(20-17(22)18-8-9-23)19-11-21(14)10-12-4-6-13(25-2)7-5-12/h4-7,11,23H,3,8-10H2,1-2H3,(H,18,20)/i15+2. The summed E-state index contributed by atoms with van der Waals surface area (Å²) >= 11 is 0. The minimum Gasteiger partial charge on any atom is -0.497 e. The highest BCUT2D eigenvalue weighted by atomic mass is 16.5. The van der Waals surface area contributed by atoms with E-state index in [1.54, 1.807) is 22.6 Å². The van der Waals surface area contributed by atoms with Crippen LogP contribution in [0.2, 0.25) is 0 Å². The molecule has 0 amide bonds. The van der Waals surface area contributed by atoms with Gasteiger partial charge in [0.2, 0.25) is 5.95 Å². The average molecular weight is 345 g/mol. The van der Waals surface area contributed by atoms with Gasteiger partial charge in [0.25, 0.3) is 5.56 Å². The van der Waals surface area contributed by atoms with E-state index in [1.165, 1.54) is 0 Å². The molecule has 1 aromatic carbocycles. The molecular formula is C17H21N5O3. The number of anilines is 1. The normalized spacial score (nSPS) is 11.0. The Labute approximate surface area is 144 Å². The van der Waals surface area contributed by atoms with Crippen molar-refractivity contribution in [3.8, 4) is 5.75 Å². The third kappa shape index (κ3) is 3.34. The zero-order valence-corrected chi connectivity index (χ0v) is 14.3. The average Bonchev–Trinajstić information content (AvgIpc) is 3.03. The molecule has 0 aliphatic heterocycles. The van der Waals surface area contributed by atoms with Crippen LogP contribution in [0.15, 0.2) is 35.4 Å². The quantitative estimate of drug-likeness (QED) is 0.665. The van der Waals surface area contributed by atoms with Gasteiger partial charge in [0.05, 0.1) is 20.0 Å². The van der Waals surface area contributed by atoms with Crippen LogP contribution in [0.25, 0.3) is 11.2 Å². The molecule has 0 aliphatic carbocycles. The van der Waals surface area contributed by atoms with Crippen molar-refractivity contribution < 1.29 is 9.84 Å². The van der Waals surface area contributed by atoms with Gasteiger partial charge in [-0.3, -0.25) is 9.36 Å². The number of aliphatic hydroxyl groups excluding tert-OH is 1. The first-order valence-corrected chi connectivity index (χ1v) is 8.11. The molecule has 0 atom stereocenters. The fraction of sp³-hybridized carbons (Fsp3) is 0.353. The SMILES string of the molecule is CCn1c(NCCO)n[14c]2ncn(Cc3ccc(OC)cc3)c2c1=O. The van der Waals surface area contributed by atoms with E-state index in [0.29, 0.717) is 36.7 Å². The molecule has 0 radical (unpaired) electrons. The second-order valence-corrected chi connectivity index (χ2v) is 5.53. The third-order valence-electron chi connectivity index (χ3n) is 3.96. The van der Waals surface area contributed by atoms with Crippen LogP contribution in [-0.4, -0.2) is 44.5 Å². The lowest BCUT2D eigenvalue weighted by atomic mass is 10.2. The van der Waals surface area contributed by atoms with E-state index >= 15 is 0 Å². The fourth-order valence-electron chi connectivity index (χ4n) is 2.70. The Morgan fingerprint density at radius 3 is 2.72 bits per heavy atom. The number of hydrogen-bond acceptors (Lipinski definition) is 6. The highest BCUT2D eigenvalue weighted by molar-refractivity contribution is 5.71. The molecule has 2 heterocycles. The Bertz CT molecular complexity index is 914. The molecule has 0 saturated carbocycles. The maximum Gasteiger partial charge on any atom is 0.281 e. The first-order valence-electron chi connectivity index (χ1n) is 8.11. The Hall–Kier alpha value is -2.87. The van der Waals surface area contributed by atoms with Crippen LogP contribution in [0.1, 0.15) is 12.5 Å². The zero-order valence-electron chi connectivity index (χ0n) is 14.3. The number of nitrogens with one attached hydrogen (secondary N) is 1. The van der Waals surface area contributed by atoms with Gasteiger partial charge < -0.3 is 19.7 Å². The minimum atomic E-state index is -0.154. The van der Waals surface area contributed by atoms with Gasteiger partial charge in [0.1, 0.15) is 5.75 Å². The first-order chi connectivity index (χ1) is 12.2. The van der Waals surface area contributed by atoms with Gasteiger partial charge in [0.15, 0.2) is 11.2 Å². The van der Waals surface area contributed by atoms with Crippen molar-refractivity contribution in [2.24, 2.45) is 0 Å². The minimum absolute atomic E-state index is 0.0382. The van der Waals surface area contributed by atoms with Gasteiger partial charge in [0, 0.05) is 19.6 Å². The van der Waals surface area contributed by atoms with Crippen molar-refractivity contribution in [2.75, 3.05) is 25.6 Å². The molecule has 0 fully saturated rings. The number of methoxy groups -OCH3 is 1. The van der Waals surface area contributed by atoms with Crippen molar-refractivity contribution in [3.63, 3.8) is 0 Å². The molecular weight excluding hydrogens is 324 g/mol. The van der Waals surface area contributed by atoms with E-state index in [9.17, 15) is 4.79 Å². The summed E-state index contributed by atoms with van der Waals surface area (Å²) in [6.07, 6.45) is 1.62. The second kappa shape index (κ2) is 7.35. The van der Waals surface area contributed by atoms with E-state index < -0.39 is 0 Å². The van der Waals surface area contributed by atoms with E-state index in [0.717, 1.165) is 11.3 Å². The van der Waals surface area contributed by atoms with Gasteiger partial charge in [-0.15, -0.1) is 0 Å². The van der Waals surface area contributed by atoms with Crippen molar-refractivity contribution in [1.29, 1.82) is 0 Å². The predicted molar refractivity (Wildman–Crippen MR) is 95.1 cm³/mol. The Balaban J connectivity index is 2.00. The Morgan fingerprint density at radius 2 is 2.08 bits per heavy atom. The number of aliphatic hydroxyl groups is 1.